The summed E-state index contributed by atoms with van der Waals surface area (Å²) < 4.78 is 21.8. The molecular weight excluding hydrogens is 360 g/mol. The number of hydrogen-bond acceptors (Lipinski definition) is 6. The van der Waals surface area contributed by atoms with Crippen LogP contribution in [0.15, 0.2) is 48.6 Å². The fourth-order valence-electron chi connectivity index (χ4n) is 2.32. The van der Waals surface area contributed by atoms with Crippen LogP contribution < -0.4 is 30.4 Å². The van der Waals surface area contributed by atoms with Crippen molar-refractivity contribution in [2.75, 3.05) is 27.4 Å². The number of methoxy groups -OCH3 is 2. The second-order valence-electron chi connectivity index (χ2n) is 5.65. The van der Waals surface area contributed by atoms with Gasteiger partial charge in [0.25, 0.3) is 0 Å². The largest absolute Gasteiger partial charge is 0.493 e. The Morgan fingerprint density at radius 1 is 0.750 bits per heavy atom. The van der Waals surface area contributed by atoms with E-state index >= 15 is 0 Å². The van der Waals surface area contributed by atoms with E-state index in [-0.39, 0.29) is 11.7 Å². The highest BCUT2D eigenvalue weighted by Gasteiger charge is 2.08. The number of nitrogen functional groups attached to an aromatic ring is 2. The molecule has 2 aromatic rings. The third-order valence-corrected chi connectivity index (χ3v) is 3.79. The number of ether oxygens (including phenoxy) is 4. The second kappa shape index (κ2) is 9.86. The first kappa shape index (κ1) is 20.6. The maximum absolute atomic E-state index is 7.46. The summed E-state index contributed by atoms with van der Waals surface area (Å²) in [6.45, 7) is 0.638. The Morgan fingerprint density at radius 2 is 1.14 bits per heavy atom. The van der Waals surface area contributed by atoms with Crippen LogP contribution in [0.25, 0.3) is 0 Å². The third-order valence-electron chi connectivity index (χ3n) is 3.79. The van der Waals surface area contributed by atoms with Crippen molar-refractivity contribution in [2.45, 2.75) is 0 Å². The van der Waals surface area contributed by atoms with Gasteiger partial charge in [-0.05, 0) is 48.6 Å². The molecule has 0 aliphatic heterocycles. The Morgan fingerprint density at radius 3 is 1.46 bits per heavy atom. The highest BCUT2D eigenvalue weighted by Crippen LogP contribution is 2.29. The molecule has 0 atom stereocenters. The average molecular weight is 384 g/mol. The van der Waals surface area contributed by atoms with Gasteiger partial charge in [-0.3, -0.25) is 10.8 Å². The fourth-order valence-corrected chi connectivity index (χ4v) is 2.32. The van der Waals surface area contributed by atoms with Crippen LogP contribution in [0.4, 0.5) is 0 Å². The van der Waals surface area contributed by atoms with E-state index in [1.807, 2.05) is 12.2 Å². The molecule has 8 nitrogen and oxygen atoms in total. The van der Waals surface area contributed by atoms with E-state index in [0.29, 0.717) is 47.3 Å². The van der Waals surface area contributed by atoms with Crippen LogP contribution in [0.2, 0.25) is 0 Å². The van der Waals surface area contributed by atoms with Crippen LogP contribution in [0.5, 0.6) is 23.0 Å². The SMILES string of the molecule is COc1cc(C(=N)N)ccc1OC/C=C\COc1ccc(C(=N)N)cc1OC. The predicted octanol–water partition coefficient (Wildman–Crippen LogP) is 2.29. The van der Waals surface area contributed by atoms with E-state index in [0.717, 1.165) is 0 Å². The van der Waals surface area contributed by atoms with Crippen molar-refractivity contribution in [3.05, 3.63) is 59.7 Å². The van der Waals surface area contributed by atoms with E-state index in [2.05, 4.69) is 0 Å². The Hall–Kier alpha value is -3.68. The van der Waals surface area contributed by atoms with Crippen molar-refractivity contribution in [1.82, 2.24) is 0 Å². The minimum absolute atomic E-state index is 0.0336. The third kappa shape index (κ3) is 5.41. The Labute approximate surface area is 163 Å². The molecule has 28 heavy (non-hydrogen) atoms. The molecule has 0 unspecified atom stereocenters. The zero-order chi connectivity index (χ0) is 20.5. The standard InChI is InChI=1S/C20H24N4O4/c1-25-17-11-13(19(21)22)5-7-15(17)27-9-3-4-10-28-16-8-6-14(20(23)24)12-18(16)26-2/h3-8,11-12H,9-10H2,1-2H3,(H3,21,22)(H3,23,24)/b4-3-. The number of rotatable bonds is 10. The molecular formula is C20H24N4O4. The van der Waals surface area contributed by atoms with Gasteiger partial charge >= 0.3 is 0 Å². The first-order valence-electron chi connectivity index (χ1n) is 8.41. The van der Waals surface area contributed by atoms with Crippen molar-refractivity contribution >= 4 is 11.7 Å². The monoisotopic (exact) mass is 384 g/mol. The molecule has 6 N–H and O–H groups in total. The minimum atomic E-state index is -0.0336. The van der Waals surface area contributed by atoms with Crippen LogP contribution >= 0.6 is 0 Å². The molecule has 0 aliphatic rings. The molecule has 0 fully saturated rings. The molecule has 0 spiro atoms. The second-order valence-corrected chi connectivity index (χ2v) is 5.65. The van der Waals surface area contributed by atoms with Crippen molar-refractivity contribution < 1.29 is 18.9 Å². The van der Waals surface area contributed by atoms with Gasteiger partial charge in [0, 0.05) is 11.1 Å². The van der Waals surface area contributed by atoms with Crippen LogP contribution in [-0.4, -0.2) is 39.1 Å². The molecule has 0 bridgehead atoms. The fraction of sp³-hybridized carbons (Fsp3) is 0.200. The van der Waals surface area contributed by atoms with Gasteiger partial charge in [-0.25, -0.2) is 0 Å². The van der Waals surface area contributed by atoms with E-state index in [4.69, 9.17) is 41.2 Å². The van der Waals surface area contributed by atoms with Crippen LogP contribution in [0.3, 0.4) is 0 Å². The van der Waals surface area contributed by atoms with E-state index in [9.17, 15) is 0 Å². The minimum Gasteiger partial charge on any atom is -0.493 e. The molecule has 0 aromatic heterocycles. The topological polar surface area (TPSA) is 137 Å². The summed E-state index contributed by atoms with van der Waals surface area (Å²) in [7, 11) is 3.06. The van der Waals surface area contributed by atoms with E-state index < -0.39 is 0 Å². The summed E-state index contributed by atoms with van der Waals surface area (Å²) >= 11 is 0. The van der Waals surface area contributed by atoms with E-state index in [1.165, 1.54) is 14.2 Å². The zero-order valence-corrected chi connectivity index (χ0v) is 15.8. The van der Waals surface area contributed by atoms with Crippen molar-refractivity contribution in [3.63, 3.8) is 0 Å². The number of hydrogen-bond donors (Lipinski definition) is 4. The molecule has 148 valence electrons. The van der Waals surface area contributed by atoms with Gasteiger partial charge in [0.15, 0.2) is 23.0 Å². The number of nitrogens with two attached hydrogens (primary N) is 2. The molecule has 8 heteroatoms. The Kier molecular flexibility index (Phi) is 7.27. The van der Waals surface area contributed by atoms with Gasteiger partial charge < -0.3 is 30.4 Å². The summed E-state index contributed by atoms with van der Waals surface area (Å²) in [6.07, 6.45) is 3.63. The van der Waals surface area contributed by atoms with Crippen molar-refractivity contribution in [3.8, 4) is 23.0 Å². The van der Waals surface area contributed by atoms with Gasteiger partial charge in [0.1, 0.15) is 24.9 Å². The number of benzene rings is 2. The zero-order valence-electron chi connectivity index (χ0n) is 15.8. The quantitative estimate of drug-likeness (QED) is 0.282. The molecule has 0 radical (unpaired) electrons. The maximum atomic E-state index is 7.46. The lowest BCUT2D eigenvalue weighted by molar-refractivity contribution is 0.318. The van der Waals surface area contributed by atoms with Crippen LogP contribution in [0.1, 0.15) is 11.1 Å². The number of amidine groups is 2. The first-order valence-corrected chi connectivity index (χ1v) is 8.41. The predicted molar refractivity (Wildman–Crippen MR) is 108 cm³/mol. The molecule has 0 aliphatic carbocycles. The highest BCUT2D eigenvalue weighted by molar-refractivity contribution is 5.96. The molecule has 0 saturated carbocycles. The summed E-state index contributed by atoms with van der Waals surface area (Å²) in [5, 5.41) is 14.9. The smallest absolute Gasteiger partial charge is 0.161 e. The normalized spacial score (nSPS) is 10.5. The maximum Gasteiger partial charge on any atom is 0.161 e. The highest BCUT2D eigenvalue weighted by atomic mass is 16.5. The summed E-state index contributed by atoms with van der Waals surface area (Å²) in [4.78, 5) is 0. The summed E-state index contributed by atoms with van der Waals surface area (Å²) in [5.41, 5.74) is 12.1. The van der Waals surface area contributed by atoms with Crippen LogP contribution in [0, 0.1) is 10.8 Å². The van der Waals surface area contributed by atoms with E-state index in [1.54, 1.807) is 36.4 Å². The van der Waals surface area contributed by atoms with Gasteiger partial charge in [-0.2, -0.15) is 0 Å². The van der Waals surface area contributed by atoms with Crippen molar-refractivity contribution in [1.29, 1.82) is 10.8 Å². The van der Waals surface area contributed by atoms with Gasteiger partial charge in [0.05, 0.1) is 14.2 Å². The number of nitrogens with one attached hydrogen (secondary N) is 2. The summed E-state index contributed by atoms with van der Waals surface area (Å²) in [6, 6.07) is 10.1. The van der Waals surface area contributed by atoms with Gasteiger partial charge in [0.2, 0.25) is 0 Å². The lowest BCUT2D eigenvalue weighted by atomic mass is 10.2. The summed E-state index contributed by atoms with van der Waals surface area (Å²) in [5.74, 6) is 2.06. The Balaban J connectivity index is 1.88. The first-order chi connectivity index (χ1) is 13.5. The average Bonchev–Trinajstić information content (AvgIpc) is 2.70. The van der Waals surface area contributed by atoms with Gasteiger partial charge in [-0.1, -0.05) is 0 Å². The molecule has 2 rings (SSSR count). The van der Waals surface area contributed by atoms with Crippen molar-refractivity contribution in [2.24, 2.45) is 11.5 Å². The van der Waals surface area contributed by atoms with Crippen LogP contribution in [-0.2, 0) is 0 Å². The molecule has 0 heterocycles. The molecule has 0 amide bonds. The lowest BCUT2D eigenvalue weighted by Gasteiger charge is -2.11. The molecule has 0 saturated heterocycles. The molecule has 2 aromatic carbocycles. The Bertz CT molecular complexity index is 809. The van der Waals surface area contributed by atoms with Gasteiger partial charge in [-0.15, -0.1) is 0 Å². The lowest BCUT2D eigenvalue weighted by Crippen LogP contribution is -2.11.